The van der Waals surface area contributed by atoms with Gasteiger partial charge in [-0.3, -0.25) is 4.72 Å². The third-order valence-electron chi connectivity index (χ3n) is 1.90. The molecule has 1 aromatic carbocycles. The fourth-order valence-corrected chi connectivity index (χ4v) is 1.76. The molecule has 94 valence electrons. The number of amidine groups is 1. The average molecular weight is 259 g/mol. The van der Waals surface area contributed by atoms with Gasteiger partial charge in [0.1, 0.15) is 5.75 Å². The minimum absolute atomic E-state index is 0.0887. The summed E-state index contributed by atoms with van der Waals surface area (Å²) in [5, 5.41) is 11.4. The number of nitrogens with one attached hydrogen (secondary N) is 1. The molecule has 8 heteroatoms. The van der Waals surface area contributed by atoms with Gasteiger partial charge in [-0.05, 0) is 18.2 Å². The molecule has 7 nitrogen and oxygen atoms in total. The van der Waals surface area contributed by atoms with Crippen LogP contribution >= 0.6 is 0 Å². The van der Waals surface area contributed by atoms with Crippen LogP contribution < -0.4 is 15.2 Å². The Morgan fingerprint density at radius 2 is 2.18 bits per heavy atom. The standard InChI is InChI=1S/C9H13N3O4S/c1-16-8-5-6(9(10)11-13)3-4-7(8)12-17(2,14)15/h3-5,12-13H,1-2H3,(H2,10,11). The second-order valence-electron chi connectivity index (χ2n) is 3.27. The van der Waals surface area contributed by atoms with Crippen LogP contribution in [0.2, 0.25) is 0 Å². The molecule has 1 rings (SSSR count). The number of benzene rings is 1. The van der Waals surface area contributed by atoms with Crippen molar-refractivity contribution in [2.75, 3.05) is 18.1 Å². The van der Waals surface area contributed by atoms with Crippen molar-refractivity contribution in [2.45, 2.75) is 0 Å². The van der Waals surface area contributed by atoms with Gasteiger partial charge in [-0.25, -0.2) is 8.42 Å². The number of rotatable bonds is 4. The molecule has 17 heavy (non-hydrogen) atoms. The van der Waals surface area contributed by atoms with Crippen LogP contribution in [-0.4, -0.2) is 32.8 Å². The Labute approximate surface area is 98.9 Å². The molecule has 0 spiro atoms. The zero-order chi connectivity index (χ0) is 13.1. The number of nitrogens with two attached hydrogens (primary N) is 1. The molecule has 0 fully saturated rings. The minimum Gasteiger partial charge on any atom is -0.495 e. The molecule has 0 aliphatic heterocycles. The van der Waals surface area contributed by atoms with E-state index in [4.69, 9.17) is 15.7 Å². The molecule has 0 unspecified atom stereocenters. The van der Waals surface area contributed by atoms with E-state index in [0.29, 0.717) is 5.56 Å². The summed E-state index contributed by atoms with van der Waals surface area (Å²) in [7, 11) is -2.00. The van der Waals surface area contributed by atoms with Gasteiger partial charge in [0.15, 0.2) is 5.84 Å². The first-order valence-corrected chi connectivity index (χ1v) is 6.40. The first-order valence-electron chi connectivity index (χ1n) is 4.51. The fourth-order valence-electron chi connectivity index (χ4n) is 1.19. The lowest BCUT2D eigenvalue weighted by atomic mass is 10.2. The fraction of sp³-hybridized carbons (Fsp3) is 0.222. The Morgan fingerprint density at radius 3 is 2.65 bits per heavy atom. The predicted octanol–water partition coefficient (Wildman–Crippen LogP) is 0.161. The first-order chi connectivity index (χ1) is 7.87. The Hall–Kier alpha value is -1.96. The van der Waals surface area contributed by atoms with Crippen molar-refractivity contribution in [1.29, 1.82) is 0 Å². The lowest BCUT2D eigenvalue weighted by molar-refractivity contribution is 0.318. The molecule has 0 aromatic heterocycles. The molecule has 0 radical (unpaired) electrons. The zero-order valence-electron chi connectivity index (χ0n) is 9.34. The van der Waals surface area contributed by atoms with Gasteiger partial charge >= 0.3 is 0 Å². The van der Waals surface area contributed by atoms with Gasteiger partial charge < -0.3 is 15.7 Å². The molecule has 0 bridgehead atoms. The maximum absolute atomic E-state index is 11.1. The molecule has 0 amide bonds. The molecule has 0 saturated carbocycles. The molecule has 0 atom stereocenters. The normalized spacial score (nSPS) is 12.2. The highest BCUT2D eigenvalue weighted by atomic mass is 32.2. The second-order valence-corrected chi connectivity index (χ2v) is 5.02. The van der Waals surface area contributed by atoms with Crippen molar-refractivity contribution >= 4 is 21.5 Å². The summed E-state index contributed by atoms with van der Waals surface area (Å²) >= 11 is 0. The van der Waals surface area contributed by atoms with Gasteiger partial charge in [-0.1, -0.05) is 5.16 Å². The molecular formula is C9H13N3O4S. The summed E-state index contributed by atoms with van der Waals surface area (Å²) < 4.78 is 29.5. The number of hydrogen-bond donors (Lipinski definition) is 3. The maximum atomic E-state index is 11.1. The third kappa shape index (κ3) is 3.52. The van der Waals surface area contributed by atoms with Crippen molar-refractivity contribution in [1.82, 2.24) is 0 Å². The summed E-state index contributed by atoms with van der Waals surface area (Å²) in [5.74, 6) is 0.189. The van der Waals surface area contributed by atoms with Gasteiger partial charge in [0.05, 0.1) is 19.1 Å². The number of oxime groups is 1. The number of methoxy groups -OCH3 is 1. The smallest absolute Gasteiger partial charge is 0.229 e. The average Bonchev–Trinajstić information content (AvgIpc) is 2.26. The molecular weight excluding hydrogens is 246 g/mol. The van der Waals surface area contributed by atoms with E-state index in [1.165, 1.54) is 25.3 Å². The van der Waals surface area contributed by atoms with Gasteiger partial charge in [0, 0.05) is 5.56 Å². The number of ether oxygens (including phenoxy) is 1. The van der Waals surface area contributed by atoms with Crippen molar-refractivity contribution in [3.8, 4) is 5.75 Å². The Bertz CT molecular complexity index is 539. The largest absolute Gasteiger partial charge is 0.495 e. The molecule has 0 aliphatic rings. The van der Waals surface area contributed by atoms with Gasteiger partial charge in [0.25, 0.3) is 0 Å². The number of nitrogens with zero attached hydrogens (tertiary/aromatic N) is 1. The molecule has 0 heterocycles. The topological polar surface area (TPSA) is 114 Å². The highest BCUT2D eigenvalue weighted by Crippen LogP contribution is 2.26. The van der Waals surface area contributed by atoms with Gasteiger partial charge in [0.2, 0.25) is 10.0 Å². The second kappa shape index (κ2) is 4.91. The van der Waals surface area contributed by atoms with Crippen LogP contribution in [0.4, 0.5) is 5.69 Å². The Morgan fingerprint density at radius 1 is 1.53 bits per heavy atom. The van der Waals surface area contributed by atoms with E-state index < -0.39 is 10.0 Å². The highest BCUT2D eigenvalue weighted by Gasteiger charge is 2.10. The van der Waals surface area contributed by atoms with Crippen molar-refractivity contribution in [3.63, 3.8) is 0 Å². The molecule has 4 N–H and O–H groups in total. The molecule has 0 saturated heterocycles. The van der Waals surface area contributed by atoms with Crippen LogP contribution in [0, 0.1) is 0 Å². The van der Waals surface area contributed by atoms with Crippen LogP contribution in [-0.2, 0) is 10.0 Å². The first kappa shape index (κ1) is 13.1. The monoisotopic (exact) mass is 259 g/mol. The minimum atomic E-state index is -3.39. The lowest BCUT2D eigenvalue weighted by Crippen LogP contribution is -2.14. The SMILES string of the molecule is COc1cc(/C(N)=N/O)ccc1NS(C)(=O)=O. The molecule has 0 aliphatic carbocycles. The van der Waals surface area contributed by atoms with Gasteiger partial charge in [-0.2, -0.15) is 0 Å². The summed E-state index contributed by atoms with van der Waals surface area (Å²) in [6.07, 6.45) is 1.03. The highest BCUT2D eigenvalue weighted by molar-refractivity contribution is 7.92. The third-order valence-corrected chi connectivity index (χ3v) is 2.49. The Kier molecular flexibility index (Phi) is 3.79. The maximum Gasteiger partial charge on any atom is 0.229 e. The van der Waals surface area contributed by atoms with Crippen LogP contribution in [0.15, 0.2) is 23.4 Å². The van der Waals surface area contributed by atoms with Crippen LogP contribution in [0.1, 0.15) is 5.56 Å². The van der Waals surface area contributed by atoms with E-state index >= 15 is 0 Å². The van der Waals surface area contributed by atoms with Crippen molar-refractivity contribution in [2.24, 2.45) is 10.9 Å². The lowest BCUT2D eigenvalue weighted by Gasteiger charge is -2.10. The Balaban J connectivity index is 3.19. The number of hydrogen-bond acceptors (Lipinski definition) is 5. The summed E-state index contributed by atoms with van der Waals surface area (Å²) in [6.45, 7) is 0. The van der Waals surface area contributed by atoms with Gasteiger partial charge in [-0.15, -0.1) is 0 Å². The van der Waals surface area contributed by atoms with Crippen LogP contribution in [0.25, 0.3) is 0 Å². The predicted molar refractivity (Wildman–Crippen MR) is 64.0 cm³/mol. The number of anilines is 1. The van der Waals surface area contributed by atoms with E-state index in [0.717, 1.165) is 6.26 Å². The van der Waals surface area contributed by atoms with Crippen LogP contribution in [0.3, 0.4) is 0 Å². The summed E-state index contributed by atoms with van der Waals surface area (Å²) in [6, 6.07) is 4.43. The van der Waals surface area contributed by atoms with Crippen LogP contribution in [0.5, 0.6) is 5.75 Å². The summed E-state index contributed by atoms with van der Waals surface area (Å²) in [4.78, 5) is 0. The van der Waals surface area contributed by atoms with E-state index in [1.807, 2.05) is 0 Å². The van der Waals surface area contributed by atoms with Crippen molar-refractivity contribution < 1.29 is 18.4 Å². The zero-order valence-corrected chi connectivity index (χ0v) is 10.2. The van der Waals surface area contributed by atoms with E-state index in [9.17, 15) is 8.42 Å². The van der Waals surface area contributed by atoms with E-state index in [1.54, 1.807) is 0 Å². The quantitative estimate of drug-likeness (QED) is 0.308. The molecule has 1 aromatic rings. The van der Waals surface area contributed by atoms with Crippen molar-refractivity contribution in [3.05, 3.63) is 23.8 Å². The van der Waals surface area contributed by atoms with E-state index in [-0.39, 0.29) is 17.3 Å². The van der Waals surface area contributed by atoms with E-state index in [2.05, 4.69) is 9.88 Å². The summed E-state index contributed by atoms with van der Waals surface area (Å²) in [5.41, 5.74) is 6.10. The number of sulfonamides is 1.